The van der Waals surface area contributed by atoms with Crippen LogP contribution >= 0.6 is 11.3 Å². The highest BCUT2D eigenvalue weighted by Crippen LogP contribution is 2.36. The van der Waals surface area contributed by atoms with Crippen molar-refractivity contribution < 1.29 is 9.50 Å². The first kappa shape index (κ1) is 14.2. The van der Waals surface area contributed by atoms with E-state index < -0.39 is 6.10 Å². The Morgan fingerprint density at radius 3 is 2.48 bits per heavy atom. The second-order valence-electron chi connectivity index (χ2n) is 5.03. The molecule has 0 spiro atoms. The van der Waals surface area contributed by atoms with E-state index >= 15 is 0 Å². The number of aliphatic hydroxyl groups is 1. The van der Waals surface area contributed by atoms with Crippen LogP contribution in [0.3, 0.4) is 0 Å². The predicted octanol–water partition coefficient (Wildman–Crippen LogP) is 3.82. The minimum atomic E-state index is -0.683. The number of rotatable bonds is 4. The molecule has 108 valence electrons. The molecule has 2 unspecified atom stereocenters. The van der Waals surface area contributed by atoms with Gasteiger partial charge >= 0.3 is 0 Å². The molecular weight excluding hydrogens is 285 g/mol. The molecule has 1 heterocycles. The molecular formula is C17H16FNOS. The Balaban J connectivity index is 1.94. The van der Waals surface area contributed by atoms with E-state index in [2.05, 4.69) is 0 Å². The molecule has 0 saturated heterocycles. The molecule has 2 nitrogen and oxygen atoms in total. The standard InChI is InChI=1S/C17H16FNOS/c18-13-7-5-11(6-8-13)14(10-19)17(20)16-9-12-3-1-2-4-15(12)21-16/h1-9,14,17,20H,10,19H2. The van der Waals surface area contributed by atoms with Crippen LogP contribution in [0.5, 0.6) is 0 Å². The molecule has 0 bridgehead atoms. The minimum absolute atomic E-state index is 0.237. The van der Waals surface area contributed by atoms with Gasteiger partial charge in [-0.05, 0) is 35.2 Å². The second-order valence-corrected chi connectivity index (χ2v) is 6.14. The maximum Gasteiger partial charge on any atom is 0.123 e. The number of nitrogens with two attached hydrogens (primary N) is 1. The topological polar surface area (TPSA) is 46.2 Å². The maximum absolute atomic E-state index is 13.0. The molecule has 3 N–H and O–H groups in total. The number of fused-ring (bicyclic) bond motifs is 1. The van der Waals surface area contributed by atoms with Gasteiger partial charge < -0.3 is 10.8 Å². The Hall–Kier alpha value is -1.75. The monoisotopic (exact) mass is 301 g/mol. The van der Waals surface area contributed by atoms with Crippen LogP contribution in [0.15, 0.2) is 54.6 Å². The first-order chi connectivity index (χ1) is 10.2. The first-order valence-electron chi connectivity index (χ1n) is 6.81. The summed E-state index contributed by atoms with van der Waals surface area (Å²) in [5.74, 6) is -0.524. The third kappa shape index (κ3) is 2.83. The van der Waals surface area contributed by atoms with Crippen LogP contribution in [0.2, 0.25) is 0 Å². The number of halogens is 1. The van der Waals surface area contributed by atoms with Gasteiger partial charge in [0.2, 0.25) is 0 Å². The zero-order valence-corrected chi connectivity index (χ0v) is 12.2. The Morgan fingerprint density at radius 1 is 1.10 bits per heavy atom. The fourth-order valence-corrected chi connectivity index (χ4v) is 3.62. The number of hydrogen-bond donors (Lipinski definition) is 2. The van der Waals surface area contributed by atoms with E-state index in [4.69, 9.17) is 5.73 Å². The fraction of sp³-hybridized carbons (Fsp3) is 0.176. The summed E-state index contributed by atoms with van der Waals surface area (Å²) in [4.78, 5) is 0.885. The number of thiophene rings is 1. The molecule has 0 aliphatic carbocycles. The molecule has 2 aromatic carbocycles. The van der Waals surface area contributed by atoms with Gasteiger partial charge in [-0.2, -0.15) is 0 Å². The summed E-state index contributed by atoms with van der Waals surface area (Å²) in [5.41, 5.74) is 6.68. The van der Waals surface area contributed by atoms with Crippen molar-refractivity contribution in [3.63, 3.8) is 0 Å². The quantitative estimate of drug-likeness (QED) is 0.769. The highest BCUT2D eigenvalue weighted by atomic mass is 32.1. The van der Waals surface area contributed by atoms with Gasteiger partial charge in [0, 0.05) is 22.0 Å². The zero-order chi connectivity index (χ0) is 14.8. The van der Waals surface area contributed by atoms with Gasteiger partial charge in [0.25, 0.3) is 0 Å². The molecule has 0 amide bonds. The summed E-state index contributed by atoms with van der Waals surface area (Å²) in [5, 5.41) is 11.8. The summed E-state index contributed by atoms with van der Waals surface area (Å²) in [7, 11) is 0. The van der Waals surface area contributed by atoms with Crippen molar-refractivity contribution in [1.82, 2.24) is 0 Å². The van der Waals surface area contributed by atoms with Crippen LogP contribution in [-0.2, 0) is 0 Å². The summed E-state index contributed by atoms with van der Waals surface area (Å²) >= 11 is 1.57. The Bertz CT molecular complexity index is 705. The molecule has 0 saturated carbocycles. The summed E-state index contributed by atoms with van der Waals surface area (Å²) in [6.07, 6.45) is -0.683. The first-order valence-corrected chi connectivity index (χ1v) is 7.63. The van der Waals surface area contributed by atoms with E-state index in [9.17, 15) is 9.50 Å². The molecule has 0 fully saturated rings. The number of benzene rings is 2. The Labute approximate surface area is 126 Å². The average molecular weight is 301 g/mol. The van der Waals surface area contributed by atoms with Crippen molar-refractivity contribution in [2.24, 2.45) is 5.73 Å². The van der Waals surface area contributed by atoms with Gasteiger partial charge in [-0.25, -0.2) is 4.39 Å². The van der Waals surface area contributed by atoms with Gasteiger partial charge in [-0.1, -0.05) is 30.3 Å². The van der Waals surface area contributed by atoms with Crippen molar-refractivity contribution in [3.8, 4) is 0 Å². The largest absolute Gasteiger partial charge is 0.387 e. The van der Waals surface area contributed by atoms with E-state index in [-0.39, 0.29) is 11.7 Å². The van der Waals surface area contributed by atoms with E-state index in [1.165, 1.54) is 12.1 Å². The zero-order valence-electron chi connectivity index (χ0n) is 11.4. The highest BCUT2D eigenvalue weighted by Gasteiger charge is 2.23. The van der Waals surface area contributed by atoms with Crippen molar-refractivity contribution in [2.45, 2.75) is 12.0 Å². The third-order valence-electron chi connectivity index (χ3n) is 3.67. The van der Waals surface area contributed by atoms with Crippen molar-refractivity contribution in [2.75, 3.05) is 6.54 Å². The molecule has 3 rings (SSSR count). The fourth-order valence-electron chi connectivity index (χ4n) is 2.50. The van der Waals surface area contributed by atoms with Gasteiger partial charge in [0.1, 0.15) is 5.82 Å². The lowest BCUT2D eigenvalue weighted by atomic mass is 9.92. The SMILES string of the molecule is NCC(c1ccc(F)cc1)C(O)c1cc2ccccc2s1. The number of aliphatic hydroxyl groups excluding tert-OH is 1. The molecule has 21 heavy (non-hydrogen) atoms. The van der Waals surface area contributed by atoms with Crippen molar-refractivity contribution >= 4 is 21.4 Å². The van der Waals surface area contributed by atoms with Crippen LogP contribution in [-0.4, -0.2) is 11.7 Å². The molecule has 1 aromatic heterocycles. The lowest BCUT2D eigenvalue weighted by Gasteiger charge is -2.20. The minimum Gasteiger partial charge on any atom is -0.387 e. The molecule has 4 heteroatoms. The second kappa shape index (κ2) is 5.93. The van der Waals surface area contributed by atoms with Gasteiger partial charge in [-0.15, -0.1) is 11.3 Å². The third-order valence-corrected chi connectivity index (χ3v) is 4.86. The van der Waals surface area contributed by atoms with Gasteiger partial charge in [0.05, 0.1) is 6.10 Å². The van der Waals surface area contributed by atoms with Crippen LogP contribution in [0.1, 0.15) is 22.5 Å². The normalized spacial score (nSPS) is 14.2. The molecule has 3 aromatic rings. The van der Waals surface area contributed by atoms with Crippen molar-refractivity contribution in [3.05, 3.63) is 70.9 Å². The van der Waals surface area contributed by atoms with Crippen LogP contribution in [0, 0.1) is 5.82 Å². The summed E-state index contributed by atoms with van der Waals surface area (Å²) < 4.78 is 14.2. The van der Waals surface area contributed by atoms with E-state index in [0.717, 1.165) is 20.5 Å². The maximum atomic E-state index is 13.0. The van der Waals surface area contributed by atoms with E-state index in [0.29, 0.717) is 6.54 Å². The molecule has 0 aliphatic rings. The van der Waals surface area contributed by atoms with Crippen molar-refractivity contribution in [1.29, 1.82) is 0 Å². The smallest absolute Gasteiger partial charge is 0.123 e. The van der Waals surface area contributed by atoms with Crippen LogP contribution in [0.4, 0.5) is 4.39 Å². The summed E-state index contributed by atoms with van der Waals surface area (Å²) in [6, 6.07) is 16.2. The predicted molar refractivity (Wildman–Crippen MR) is 85.0 cm³/mol. The highest BCUT2D eigenvalue weighted by molar-refractivity contribution is 7.19. The average Bonchev–Trinajstić information content (AvgIpc) is 2.93. The molecule has 2 atom stereocenters. The molecule has 0 radical (unpaired) electrons. The van der Waals surface area contributed by atoms with Crippen LogP contribution < -0.4 is 5.73 Å². The molecule has 0 aliphatic heterocycles. The lowest BCUT2D eigenvalue weighted by Crippen LogP contribution is -2.19. The lowest BCUT2D eigenvalue weighted by molar-refractivity contribution is 0.151. The summed E-state index contributed by atoms with van der Waals surface area (Å²) in [6.45, 7) is 0.307. The van der Waals surface area contributed by atoms with E-state index in [1.54, 1.807) is 23.5 Å². The number of hydrogen-bond acceptors (Lipinski definition) is 3. The van der Waals surface area contributed by atoms with E-state index in [1.807, 2.05) is 30.3 Å². The van der Waals surface area contributed by atoms with Crippen LogP contribution in [0.25, 0.3) is 10.1 Å². The Morgan fingerprint density at radius 2 is 1.81 bits per heavy atom. The van der Waals surface area contributed by atoms with Gasteiger partial charge in [-0.3, -0.25) is 0 Å². The van der Waals surface area contributed by atoms with Gasteiger partial charge in [0.15, 0.2) is 0 Å². The Kier molecular flexibility index (Phi) is 4.01.